The van der Waals surface area contributed by atoms with E-state index in [1.807, 2.05) is 6.92 Å². The van der Waals surface area contributed by atoms with Crippen molar-refractivity contribution in [3.05, 3.63) is 0 Å². The van der Waals surface area contributed by atoms with Crippen LogP contribution in [0.3, 0.4) is 0 Å². The summed E-state index contributed by atoms with van der Waals surface area (Å²) >= 11 is 0. The van der Waals surface area contributed by atoms with Crippen LogP contribution in [-0.2, 0) is 9.53 Å². The Labute approximate surface area is 122 Å². The van der Waals surface area contributed by atoms with Gasteiger partial charge in [0.1, 0.15) is 0 Å². The van der Waals surface area contributed by atoms with Crippen molar-refractivity contribution in [3.8, 4) is 0 Å². The van der Waals surface area contributed by atoms with Crippen molar-refractivity contribution in [2.75, 3.05) is 26.8 Å². The van der Waals surface area contributed by atoms with Gasteiger partial charge in [-0.2, -0.15) is 0 Å². The molecule has 5 heteroatoms. The summed E-state index contributed by atoms with van der Waals surface area (Å²) in [6.07, 6.45) is 3.65. The first kappa shape index (κ1) is 17.4. The van der Waals surface area contributed by atoms with Gasteiger partial charge in [-0.05, 0) is 38.0 Å². The second kappa shape index (κ2) is 7.38. The SMILES string of the molecule is COCCNC(=O)C(C)NCC1(O)CCC(C)(C)CC1. The van der Waals surface area contributed by atoms with Gasteiger partial charge in [0.25, 0.3) is 0 Å². The van der Waals surface area contributed by atoms with Gasteiger partial charge in [-0.15, -0.1) is 0 Å². The van der Waals surface area contributed by atoms with Crippen LogP contribution in [-0.4, -0.2) is 49.5 Å². The van der Waals surface area contributed by atoms with Gasteiger partial charge in [0.15, 0.2) is 0 Å². The Balaban J connectivity index is 2.29. The van der Waals surface area contributed by atoms with Crippen LogP contribution in [0, 0.1) is 5.41 Å². The zero-order valence-corrected chi connectivity index (χ0v) is 13.3. The highest BCUT2D eigenvalue weighted by Crippen LogP contribution is 2.39. The molecule has 1 saturated carbocycles. The molecule has 1 aliphatic rings. The Bertz CT molecular complexity index is 308. The van der Waals surface area contributed by atoms with E-state index in [2.05, 4.69) is 24.5 Å². The smallest absolute Gasteiger partial charge is 0.236 e. The minimum absolute atomic E-state index is 0.0539. The van der Waals surface area contributed by atoms with E-state index in [1.165, 1.54) is 0 Å². The normalized spacial score (nSPS) is 22.2. The summed E-state index contributed by atoms with van der Waals surface area (Å²) in [5.41, 5.74) is -0.341. The fourth-order valence-corrected chi connectivity index (χ4v) is 2.43. The molecule has 0 aromatic rings. The molecule has 0 aromatic carbocycles. The summed E-state index contributed by atoms with van der Waals surface area (Å²) in [7, 11) is 1.61. The number of hydrogen-bond donors (Lipinski definition) is 3. The van der Waals surface area contributed by atoms with E-state index in [0.717, 1.165) is 25.7 Å². The standard InChI is InChI=1S/C15H30N2O3/c1-12(13(18)16-9-10-20-4)17-11-15(19)7-5-14(2,3)6-8-15/h12,17,19H,5-11H2,1-4H3,(H,16,18). The summed E-state index contributed by atoms with van der Waals surface area (Å²) in [5.74, 6) is -0.0539. The molecular weight excluding hydrogens is 256 g/mol. The summed E-state index contributed by atoms with van der Waals surface area (Å²) in [6, 6.07) is -0.300. The van der Waals surface area contributed by atoms with Crippen molar-refractivity contribution < 1.29 is 14.6 Å². The maximum atomic E-state index is 11.8. The first-order valence-corrected chi connectivity index (χ1v) is 7.50. The number of amides is 1. The zero-order chi connectivity index (χ0) is 15.2. The maximum Gasteiger partial charge on any atom is 0.236 e. The molecule has 0 heterocycles. The summed E-state index contributed by atoms with van der Waals surface area (Å²) in [4.78, 5) is 11.8. The molecule has 0 spiro atoms. The van der Waals surface area contributed by atoms with Gasteiger partial charge in [-0.1, -0.05) is 13.8 Å². The van der Waals surface area contributed by atoms with Crippen LogP contribution in [0.4, 0.5) is 0 Å². The predicted molar refractivity (Wildman–Crippen MR) is 79.5 cm³/mol. The zero-order valence-electron chi connectivity index (χ0n) is 13.3. The fourth-order valence-electron chi connectivity index (χ4n) is 2.43. The summed E-state index contributed by atoms with van der Waals surface area (Å²) in [5, 5.41) is 16.5. The summed E-state index contributed by atoms with van der Waals surface area (Å²) in [6.45, 7) is 7.80. The van der Waals surface area contributed by atoms with Crippen molar-refractivity contribution in [2.24, 2.45) is 5.41 Å². The number of aliphatic hydroxyl groups is 1. The molecule has 0 bridgehead atoms. The second-order valence-corrected chi connectivity index (χ2v) is 6.77. The van der Waals surface area contributed by atoms with Crippen LogP contribution < -0.4 is 10.6 Å². The maximum absolute atomic E-state index is 11.8. The fraction of sp³-hybridized carbons (Fsp3) is 0.933. The van der Waals surface area contributed by atoms with Crippen LogP contribution in [0.1, 0.15) is 46.5 Å². The lowest BCUT2D eigenvalue weighted by Crippen LogP contribution is -2.51. The Morgan fingerprint density at radius 2 is 1.90 bits per heavy atom. The second-order valence-electron chi connectivity index (χ2n) is 6.77. The molecule has 118 valence electrons. The highest BCUT2D eigenvalue weighted by atomic mass is 16.5. The van der Waals surface area contributed by atoms with Crippen LogP contribution in [0.25, 0.3) is 0 Å². The van der Waals surface area contributed by atoms with Gasteiger partial charge in [-0.25, -0.2) is 0 Å². The van der Waals surface area contributed by atoms with Crippen molar-refractivity contribution in [2.45, 2.75) is 58.1 Å². The lowest BCUT2D eigenvalue weighted by molar-refractivity contribution is -0.123. The van der Waals surface area contributed by atoms with E-state index in [4.69, 9.17) is 4.74 Å². The predicted octanol–water partition coefficient (Wildman–Crippen LogP) is 1.06. The number of hydrogen-bond acceptors (Lipinski definition) is 4. The highest BCUT2D eigenvalue weighted by molar-refractivity contribution is 5.81. The molecule has 1 unspecified atom stereocenters. The van der Waals surface area contributed by atoms with E-state index in [9.17, 15) is 9.90 Å². The molecule has 1 amide bonds. The molecule has 5 nitrogen and oxygen atoms in total. The Morgan fingerprint density at radius 3 is 2.45 bits per heavy atom. The van der Waals surface area contributed by atoms with Gasteiger partial charge in [0, 0.05) is 20.2 Å². The molecule has 1 rings (SSSR count). The molecule has 20 heavy (non-hydrogen) atoms. The highest BCUT2D eigenvalue weighted by Gasteiger charge is 2.36. The van der Waals surface area contributed by atoms with Crippen molar-refractivity contribution in [1.29, 1.82) is 0 Å². The lowest BCUT2D eigenvalue weighted by Gasteiger charge is -2.40. The molecule has 0 aromatic heterocycles. The van der Waals surface area contributed by atoms with Gasteiger partial charge in [0.05, 0.1) is 18.2 Å². The van der Waals surface area contributed by atoms with Crippen molar-refractivity contribution in [3.63, 3.8) is 0 Å². The van der Waals surface area contributed by atoms with Crippen LogP contribution >= 0.6 is 0 Å². The number of carbonyl (C=O) groups is 1. The van der Waals surface area contributed by atoms with E-state index in [-0.39, 0.29) is 11.9 Å². The van der Waals surface area contributed by atoms with Crippen LogP contribution in [0.15, 0.2) is 0 Å². The monoisotopic (exact) mass is 286 g/mol. The van der Waals surface area contributed by atoms with Gasteiger partial charge >= 0.3 is 0 Å². The Kier molecular flexibility index (Phi) is 6.43. The summed E-state index contributed by atoms with van der Waals surface area (Å²) < 4.78 is 4.89. The first-order valence-electron chi connectivity index (χ1n) is 7.50. The van der Waals surface area contributed by atoms with Crippen LogP contribution in [0.2, 0.25) is 0 Å². The van der Waals surface area contributed by atoms with Crippen molar-refractivity contribution in [1.82, 2.24) is 10.6 Å². The first-order chi connectivity index (χ1) is 9.28. The van der Waals surface area contributed by atoms with Gasteiger partial charge < -0.3 is 20.5 Å². The molecule has 1 aliphatic carbocycles. The minimum atomic E-state index is -0.670. The van der Waals surface area contributed by atoms with Crippen molar-refractivity contribution >= 4 is 5.91 Å². The minimum Gasteiger partial charge on any atom is -0.389 e. The average molecular weight is 286 g/mol. The topological polar surface area (TPSA) is 70.6 Å². The Hall–Kier alpha value is -0.650. The molecule has 1 fully saturated rings. The Morgan fingerprint density at radius 1 is 1.30 bits per heavy atom. The van der Waals surface area contributed by atoms with E-state index in [0.29, 0.717) is 25.1 Å². The van der Waals surface area contributed by atoms with Gasteiger partial charge in [-0.3, -0.25) is 4.79 Å². The third-order valence-corrected chi connectivity index (χ3v) is 4.27. The number of rotatable bonds is 7. The third-order valence-electron chi connectivity index (χ3n) is 4.27. The quantitative estimate of drug-likeness (QED) is 0.612. The molecule has 1 atom stereocenters. The lowest BCUT2D eigenvalue weighted by atomic mass is 9.71. The van der Waals surface area contributed by atoms with Gasteiger partial charge in [0.2, 0.25) is 5.91 Å². The molecule has 0 aliphatic heterocycles. The number of methoxy groups -OCH3 is 1. The molecule has 0 saturated heterocycles. The number of nitrogens with one attached hydrogen (secondary N) is 2. The molecule has 0 radical (unpaired) electrons. The van der Waals surface area contributed by atoms with E-state index < -0.39 is 5.60 Å². The van der Waals surface area contributed by atoms with E-state index in [1.54, 1.807) is 7.11 Å². The molecule has 3 N–H and O–H groups in total. The number of carbonyl (C=O) groups excluding carboxylic acids is 1. The van der Waals surface area contributed by atoms with Crippen LogP contribution in [0.5, 0.6) is 0 Å². The van der Waals surface area contributed by atoms with E-state index >= 15 is 0 Å². The largest absolute Gasteiger partial charge is 0.389 e. The average Bonchev–Trinajstić information content (AvgIpc) is 2.40. The third kappa shape index (κ3) is 5.77. The number of ether oxygens (including phenoxy) is 1. The molecular formula is C15H30N2O3.